The van der Waals surface area contributed by atoms with Crippen molar-refractivity contribution in [2.75, 3.05) is 0 Å². The van der Waals surface area contributed by atoms with Crippen LogP contribution in [0, 0.1) is 0 Å². The summed E-state index contributed by atoms with van der Waals surface area (Å²) in [6.07, 6.45) is 12.0. The van der Waals surface area contributed by atoms with E-state index in [1.165, 1.54) is 12.8 Å². The van der Waals surface area contributed by atoms with E-state index in [-0.39, 0.29) is 24.8 Å². The van der Waals surface area contributed by atoms with Crippen LogP contribution in [-0.2, 0) is 31.5 Å². The van der Waals surface area contributed by atoms with E-state index in [1.54, 1.807) is 17.0 Å². The van der Waals surface area contributed by atoms with Gasteiger partial charge in [0, 0.05) is 0 Å². The summed E-state index contributed by atoms with van der Waals surface area (Å²) in [5, 5.41) is 3.28. The zero-order valence-electron chi connectivity index (χ0n) is 19.4. The molecule has 0 heterocycles. The Morgan fingerprint density at radius 2 is 1.10 bits per heavy atom. The van der Waals surface area contributed by atoms with Gasteiger partial charge in [0.25, 0.3) is 0 Å². The first kappa shape index (κ1) is 30.2. The third-order valence-corrected chi connectivity index (χ3v) is 26.8. The maximum atomic E-state index is 6.57. The normalized spacial score (nSPS) is 17.4. The molecule has 0 spiro atoms. The van der Waals surface area contributed by atoms with Crippen LogP contribution in [0.5, 0.6) is 0 Å². The number of hydrogen-bond acceptors (Lipinski definition) is 2. The summed E-state index contributed by atoms with van der Waals surface area (Å²) in [6.45, 7) is 18.8. The van der Waals surface area contributed by atoms with E-state index >= 15 is 0 Å². The Morgan fingerprint density at radius 3 is 1.41 bits per heavy atom. The van der Waals surface area contributed by atoms with Crippen LogP contribution in [0.2, 0.25) is 37.3 Å². The van der Waals surface area contributed by atoms with Gasteiger partial charge >= 0.3 is 187 Å². The molecule has 9 heteroatoms. The van der Waals surface area contributed by atoms with Crippen molar-refractivity contribution in [1.29, 1.82) is 0 Å². The van der Waals surface area contributed by atoms with E-state index < -0.39 is 59.4 Å². The fourth-order valence-corrected chi connectivity index (χ4v) is 16.0. The monoisotopic (exact) mass is 582 g/mol. The Kier molecular flexibility index (Phi) is 13.6. The molecule has 0 aromatic carbocycles. The maximum Gasteiger partial charge on any atom is -1.00 e. The second-order valence-electron chi connectivity index (χ2n) is 9.44. The van der Waals surface area contributed by atoms with Gasteiger partial charge in [0.05, 0.1) is 0 Å². The predicted octanol–water partition coefficient (Wildman–Crippen LogP) is -1.15. The molecule has 0 saturated carbocycles. The summed E-state index contributed by atoms with van der Waals surface area (Å²) in [6, 6.07) is 0. The molecule has 0 amide bonds. The van der Waals surface area contributed by atoms with E-state index in [4.69, 9.17) is 8.23 Å². The van der Waals surface area contributed by atoms with Crippen LogP contribution in [0.15, 0.2) is 41.3 Å². The van der Waals surface area contributed by atoms with Gasteiger partial charge < -0.3 is 24.8 Å². The molecule has 0 N–H and O–H groups in total. The van der Waals surface area contributed by atoms with E-state index in [0.29, 0.717) is 11.1 Å². The average Bonchev–Trinajstić information content (AvgIpc) is 3.20. The molecule has 2 nitrogen and oxygen atoms in total. The van der Waals surface area contributed by atoms with Crippen molar-refractivity contribution < 1.29 is 56.3 Å². The Bertz CT molecular complexity index is 615. The number of hydrogen-bond donors (Lipinski definition) is 0. The third kappa shape index (κ3) is 8.93. The molecule has 0 unspecified atom stereocenters. The molecular formula is C20H38Cl2O2Si4Zr. The van der Waals surface area contributed by atoms with Gasteiger partial charge in [0.1, 0.15) is 0 Å². The molecule has 0 radical (unpaired) electrons. The summed E-state index contributed by atoms with van der Waals surface area (Å²) in [5.74, 6) is 0. The van der Waals surface area contributed by atoms with Crippen molar-refractivity contribution in [2.45, 2.75) is 77.8 Å². The molecule has 0 bridgehead atoms. The molecule has 2 rings (SSSR count). The van der Waals surface area contributed by atoms with Crippen LogP contribution in [0.4, 0.5) is 0 Å². The summed E-state index contributed by atoms with van der Waals surface area (Å²) >= 11 is -0.652. The molecule has 0 fully saturated rings. The van der Waals surface area contributed by atoms with Gasteiger partial charge in [-0.3, -0.25) is 0 Å². The van der Waals surface area contributed by atoms with Gasteiger partial charge in [-0.2, -0.15) is 0 Å². The quantitative estimate of drug-likeness (QED) is 0.302. The molecule has 0 aromatic rings. The summed E-state index contributed by atoms with van der Waals surface area (Å²) < 4.78 is 16.7. The standard InChI is InChI=1S/2C10H19OSi2.2ClH.Zr/c2*1-9(2)13(3,4)11-12-10-7-5-6-8-10;;;/h2*5,7,9H,6,12H2,1-4H3;2*1H;/q;;;;+2/p-2. The minimum Gasteiger partial charge on any atom is -1.00 e. The fraction of sp³-hybridized carbons (Fsp3) is 0.600. The Labute approximate surface area is 210 Å². The van der Waals surface area contributed by atoms with E-state index in [0.717, 1.165) is 0 Å². The zero-order valence-corrected chi connectivity index (χ0v) is 28.2. The number of allylic oxidation sites excluding steroid dienone is 8. The van der Waals surface area contributed by atoms with Gasteiger partial charge in [0.15, 0.2) is 0 Å². The molecule has 164 valence electrons. The van der Waals surface area contributed by atoms with Gasteiger partial charge in [-0.15, -0.1) is 0 Å². The van der Waals surface area contributed by atoms with E-state index in [1.807, 2.05) is 0 Å². The first-order chi connectivity index (χ1) is 12.5. The average molecular weight is 585 g/mol. The van der Waals surface area contributed by atoms with Gasteiger partial charge in [0.2, 0.25) is 0 Å². The van der Waals surface area contributed by atoms with Crippen LogP contribution in [0.1, 0.15) is 40.5 Å². The SMILES string of the molecule is CC(C)[Si](C)(C)O[SiH2]C1=[C]([Zr+2][C]2=C([SiH2]O[Si](C)(C)C(C)C)C=CC2)CC=C1.[Cl-].[Cl-]. The van der Waals surface area contributed by atoms with Gasteiger partial charge in [-0.05, 0) is 0 Å². The van der Waals surface area contributed by atoms with Crippen molar-refractivity contribution in [2.24, 2.45) is 0 Å². The minimum atomic E-state index is -1.50. The summed E-state index contributed by atoms with van der Waals surface area (Å²) in [5.41, 5.74) is 1.40. The number of rotatable bonds is 10. The molecule has 0 atom stereocenters. The molecule has 2 aliphatic carbocycles. The first-order valence-electron chi connectivity index (χ1n) is 10.3. The largest absolute Gasteiger partial charge is 1.00 e. The maximum absolute atomic E-state index is 6.57. The van der Waals surface area contributed by atoms with Crippen LogP contribution in [0.25, 0.3) is 0 Å². The smallest absolute Gasteiger partial charge is 1.00 e. The molecule has 0 saturated heterocycles. The molecule has 2 aliphatic rings. The van der Waals surface area contributed by atoms with Crippen molar-refractivity contribution in [3.05, 3.63) is 41.3 Å². The van der Waals surface area contributed by atoms with E-state index in [9.17, 15) is 0 Å². The Morgan fingerprint density at radius 1 is 0.759 bits per heavy atom. The minimum absolute atomic E-state index is 0. The third-order valence-electron chi connectivity index (χ3n) is 6.34. The van der Waals surface area contributed by atoms with Crippen LogP contribution >= 0.6 is 0 Å². The Hall–Kier alpha value is 1.21. The van der Waals surface area contributed by atoms with Crippen molar-refractivity contribution in [1.82, 2.24) is 0 Å². The number of halogens is 2. The van der Waals surface area contributed by atoms with Crippen LogP contribution in [-0.4, -0.2) is 36.2 Å². The molecule has 0 aliphatic heterocycles. The molecule has 29 heavy (non-hydrogen) atoms. The fourth-order valence-electron chi connectivity index (χ4n) is 2.68. The van der Waals surface area contributed by atoms with Gasteiger partial charge in [-0.1, -0.05) is 0 Å². The first-order valence-corrected chi connectivity index (χ1v) is 21.3. The zero-order chi connectivity index (χ0) is 20.2. The van der Waals surface area contributed by atoms with Gasteiger partial charge in [-0.25, -0.2) is 0 Å². The molecular weight excluding hydrogens is 547 g/mol. The van der Waals surface area contributed by atoms with Crippen molar-refractivity contribution >= 4 is 36.2 Å². The van der Waals surface area contributed by atoms with Crippen molar-refractivity contribution in [3.8, 4) is 0 Å². The molecule has 0 aromatic heterocycles. The predicted molar refractivity (Wildman–Crippen MR) is 126 cm³/mol. The second-order valence-corrected chi connectivity index (χ2v) is 26.2. The van der Waals surface area contributed by atoms with Crippen molar-refractivity contribution in [3.63, 3.8) is 0 Å². The Balaban J connectivity index is 0.00000392. The topological polar surface area (TPSA) is 18.5 Å². The summed E-state index contributed by atoms with van der Waals surface area (Å²) in [4.78, 5) is 0. The van der Waals surface area contributed by atoms with Crippen LogP contribution < -0.4 is 24.8 Å². The summed E-state index contributed by atoms with van der Waals surface area (Å²) in [7, 11) is -4.13. The van der Waals surface area contributed by atoms with E-state index in [2.05, 4.69) is 78.2 Å². The van der Waals surface area contributed by atoms with Crippen LogP contribution in [0.3, 0.4) is 0 Å². The second kappa shape index (κ2) is 13.0.